The van der Waals surface area contributed by atoms with Crippen LogP contribution >= 0.6 is 0 Å². The maximum absolute atomic E-state index is 14.9. The summed E-state index contributed by atoms with van der Waals surface area (Å²) in [4.78, 5) is 19.7. The molecule has 1 aromatic carbocycles. The number of hydrogen-bond donors (Lipinski definition) is 0. The SMILES string of the molecule is O=CN(CCC1CCCN(c2ccc(Oc3ccncc3)cc2F)C1)C1CCCCC1. The number of hydrogen-bond acceptors (Lipinski definition) is 4. The molecule has 2 aromatic rings. The maximum atomic E-state index is 14.9. The van der Waals surface area contributed by atoms with E-state index in [1.165, 1.54) is 25.3 Å². The number of pyridine rings is 1. The number of halogens is 1. The van der Waals surface area contributed by atoms with E-state index in [1.54, 1.807) is 24.5 Å². The van der Waals surface area contributed by atoms with Crippen molar-refractivity contribution in [2.45, 2.75) is 57.4 Å². The van der Waals surface area contributed by atoms with Crippen LogP contribution in [0.15, 0.2) is 42.7 Å². The second kappa shape index (κ2) is 10.6. The van der Waals surface area contributed by atoms with Crippen molar-refractivity contribution in [3.05, 3.63) is 48.5 Å². The Morgan fingerprint density at radius 1 is 1.06 bits per heavy atom. The molecule has 166 valence electrons. The molecular formula is C25H32FN3O2. The largest absolute Gasteiger partial charge is 0.457 e. The number of carbonyl (C=O) groups is 1. The fraction of sp³-hybridized carbons (Fsp3) is 0.520. The van der Waals surface area contributed by atoms with Gasteiger partial charge in [0.1, 0.15) is 17.3 Å². The van der Waals surface area contributed by atoms with Gasteiger partial charge in [-0.3, -0.25) is 9.78 Å². The van der Waals surface area contributed by atoms with Gasteiger partial charge in [-0.25, -0.2) is 4.39 Å². The lowest BCUT2D eigenvalue weighted by Gasteiger charge is -2.37. The smallest absolute Gasteiger partial charge is 0.209 e. The van der Waals surface area contributed by atoms with E-state index in [-0.39, 0.29) is 5.82 Å². The van der Waals surface area contributed by atoms with Gasteiger partial charge in [0.05, 0.1) is 5.69 Å². The van der Waals surface area contributed by atoms with Gasteiger partial charge in [-0.15, -0.1) is 0 Å². The highest BCUT2D eigenvalue weighted by molar-refractivity contribution is 5.51. The fourth-order valence-corrected chi connectivity index (χ4v) is 4.94. The van der Waals surface area contributed by atoms with Gasteiger partial charge in [0.25, 0.3) is 0 Å². The van der Waals surface area contributed by atoms with Crippen LogP contribution in [0.2, 0.25) is 0 Å². The predicted octanol–water partition coefficient (Wildman–Crippen LogP) is 5.41. The zero-order chi connectivity index (χ0) is 21.5. The summed E-state index contributed by atoms with van der Waals surface area (Å²) in [6.07, 6.45) is 13.5. The number of anilines is 1. The Balaban J connectivity index is 1.34. The van der Waals surface area contributed by atoms with Crippen molar-refractivity contribution < 1.29 is 13.9 Å². The molecule has 1 unspecified atom stereocenters. The number of ether oxygens (including phenoxy) is 1. The Bertz CT molecular complexity index is 842. The molecular weight excluding hydrogens is 393 g/mol. The minimum absolute atomic E-state index is 0.260. The van der Waals surface area contributed by atoms with Crippen molar-refractivity contribution in [1.29, 1.82) is 0 Å². The first-order chi connectivity index (χ1) is 15.2. The van der Waals surface area contributed by atoms with Crippen LogP contribution in [0, 0.1) is 11.7 Å². The second-order valence-electron chi connectivity index (χ2n) is 8.78. The average molecular weight is 426 g/mol. The standard InChI is InChI=1S/C25H32FN3O2/c26-24-17-23(31-22-10-13-27-14-11-22)8-9-25(24)28-15-4-5-20(18-28)12-16-29(19-30)21-6-2-1-3-7-21/h8-11,13-14,17,19-21H,1-7,12,15-16,18H2. The second-order valence-corrected chi connectivity index (χ2v) is 8.78. The highest BCUT2D eigenvalue weighted by Gasteiger charge is 2.25. The zero-order valence-electron chi connectivity index (χ0n) is 18.1. The van der Waals surface area contributed by atoms with Gasteiger partial charge < -0.3 is 14.5 Å². The highest BCUT2D eigenvalue weighted by atomic mass is 19.1. The van der Waals surface area contributed by atoms with Crippen LogP contribution in [0.25, 0.3) is 0 Å². The minimum Gasteiger partial charge on any atom is -0.457 e. The third kappa shape index (κ3) is 5.75. The molecule has 1 aliphatic heterocycles. The molecule has 2 heterocycles. The first-order valence-corrected chi connectivity index (χ1v) is 11.6. The van der Waals surface area contributed by atoms with E-state index in [0.717, 1.165) is 58.1 Å². The van der Waals surface area contributed by atoms with Crippen LogP contribution in [0.5, 0.6) is 11.5 Å². The topological polar surface area (TPSA) is 45.7 Å². The van der Waals surface area contributed by atoms with Gasteiger partial charge >= 0.3 is 0 Å². The number of nitrogens with zero attached hydrogens (tertiary/aromatic N) is 3. The summed E-state index contributed by atoms with van der Waals surface area (Å²) in [5.74, 6) is 1.34. The summed E-state index contributed by atoms with van der Waals surface area (Å²) in [6, 6.07) is 8.99. The first-order valence-electron chi connectivity index (χ1n) is 11.6. The fourth-order valence-electron chi connectivity index (χ4n) is 4.94. The van der Waals surface area contributed by atoms with Crippen molar-refractivity contribution in [1.82, 2.24) is 9.88 Å². The molecule has 0 N–H and O–H groups in total. The van der Waals surface area contributed by atoms with Gasteiger partial charge in [0.15, 0.2) is 0 Å². The average Bonchev–Trinajstić information content (AvgIpc) is 2.81. The Labute approximate surface area is 184 Å². The third-order valence-electron chi connectivity index (χ3n) is 6.64. The van der Waals surface area contributed by atoms with Crippen molar-refractivity contribution in [3.63, 3.8) is 0 Å². The summed E-state index contributed by atoms with van der Waals surface area (Å²) < 4.78 is 20.6. The van der Waals surface area contributed by atoms with E-state index < -0.39 is 0 Å². The van der Waals surface area contributed by atoms with Crippen molar-refractivity contribution in [2.75, 3.05) is 24.5 Å². The predicted molar refractivity (Wildman–Crippen MR) is 120 cm³/mol. The molecule has 2 fully saturated rings. The van der Waals surface area contributed by atoms with Crippen LogP contribution in [-0.2, 0) is 4.79 Å². The summed E-state index contributed by atoms with van der Waals surface area (Å²) in [5.41, 5.74) is 0.631. The van der Waals surface area contributed by atoms with Crippen molar-refractivity contribution in [2.24, 2.45) is 5.92 Å². The lowest BCUT2D eigenvalue weighted by molar-refractivity contribution is -0.121. The highest BCUT2D eigenvalue weighted by Crippen LogP contribution is 2.31. The van der Waals surface area contributed by atoms with E-state index >= 15 is 0 Å². The zero-order valence-corrected chi connectivity index (χ0v) is 18.1. The molecule has 1 atom stereocenters. The number of aromatic nitrogens is 1. The quantitative estimate of drug-likeness (QED) is 0.531. The van der Waals surface area contributed by atoms with E-state index in [1.807, 2.05) is 17.0 Å². The molecule has 1 amide bonds. The van der Waals surface area contributed by atoms with E-state index in [0.29, 0.717) is 29.1 Å². The first kappa shape index (κ1) is 21.6. The molecule has 31 heavy (non-hydrogen) atoms. The van der Waals surface area contributed by atoms with Gasteiger partial charge in [0.2, 0.25) is 6.41 Å². The molecule has 6 heteroatoms. The molecule has 0 radical (unpaired) electrons. The molecule has 1 aliphatic carbocycles. The third-order valence-corrected chi connectivity index (χ3v) is 6.64. The summed E-state index contributed by atoms with van der Waals surface area (Å²) in [6.45, 7) is 2.50. The molecule has 1 saturated heterocycles. The Hall–Kier alpha value is -2.63. The van der Waals surface area contributed by atoms with Crippen LogP contribution in [-0.4, -0.2) is 42.0 Å². The Kier molecular flexibility index (Phi) is 7.39. The summed E-state index contributed by atoms with van der Waals surface area (Å²) in [7, 11) is 0. The van der Waals surface area contributed by atoms with Gasteiger partial charge in [-0.2, -0.15) is 0 Å². The van der Waals surface area contributed by atoms with Gasteiger partial charge in [-0.05, 0) is 62.3 Å². The number of carbonyl (C=O) groups excluding carboxylic acids is 1. The molecule has 1 aromatic heterocycles. The number of benzene rings is 1. The van der Waals surface area contributed by atoms with Gasteiger partial charge in [0, 0.05) is 44.1 Å². The van der Waals surface area contributed by atoms with Crippen LogP contribution in [0.1, 0.15) is 51.4 Å². The lowest BCUT2D eigenvalue weighted by atomic mass is 9.92. The lowest BCUT2D eigenvalue weighted by Crippen LogP contribution is -2.40. The van der Waals surface area contributed by atoms with E-state index in [9.17, 15) is 9.18 Å². The molecule has 1 saturated carbocycles. The van der Waals surface area contributed by atoms with Gasteiger partial charge in [-0.1, -0.05) is 19.3 Å². The number of rotatable bonds is 8. The Morgan fingerprint density at radius 3 is 2.61 bits per heavy atom. The molecule has 2 aliphatic rings. The molecule has 5 nitrogen and oxygen atoms in total. The molecule has 0 spiro atoms. The summed E-state index contributed by atoms with van der Waals surface area (Å²) >= 11 is 0. The van der Waals surface area contributed by atoms with E-state index in [4.69, 9.17) is 4.74 Å². The monoisotopic (exact) mass is 425 g/mol. The van der Waals surface area contributed by atoms with Crippen molar-refractivity contribution in [3.8, 4) is 11.5 Å². The normalized spacial score (nSPS) is 19.8. The summed E-state index contributed by atoms with van der Waals surface area (Å²) in [5, 5.41) is 0. The number of amides is 1. The number of piperidine rings is 1. The minimum atomic E-state index is -0.260. The van der Waals surface area contributed by atoms with Crippen LogP contribution in [0.3, 0.4) is 0 Å². The van der Waals surface area contributed by atoms with Crippen molar-refractivity contribution >= 4 is 12.1 Å². The maximum Gasteiger partial charge on any atom is 0.209 e. The van der Waals surface area contributed by atoms with Crippen LogP contribution in [0.4, 0.5) is 10.1 Å². The molecule has 4 rings (SSSR count). The Morgan fingerprint density at radius 2 is 1.87 bits per heavy atom. The van der Waals surface area contributed by atoms with Crippen LogP contribution < -0.4 is 9.64 Å². The van der Waals surface area contributed by atoms with E-state index in [2.05, 4.69) is 9.88 Å². The molecule has 0 bridgehead atoms.